The first kappa shape index (κ1) is 15.2. The molecule has 1 aromatic rings. The van der Waals surface area contributed by atoms with Crippen molar-refractivity contribution in [2.45, 2.75) is 50.2 Å². The number of fused-ring (bicyclic) bond motifs is 2. The third kappa shape index (κ3) is 2.82. The molecule has 0 saturated carbocycles. The lowest BCUT2D eigenvalue weighted by molar-refractivity contribution is -0.137. The van der Waals surface area contributed by atoms with E-state index in [2.05, 4.69) is 55.9 Å². The minimum absolute atomic E-state index is 0.332. The van der Waals surface area contributed by atoms with Crippen molar-refractivity contribution in [1.82, 2.24) is 4.90 Å². The van der Waals surface area contributed by atoms with Crippen LogP contribution in [-0.4, -0.2) is 50.4 Å². The van der Waals surface area contributed by atoms with Crippen LogP contribution < -0.4 is 5.19 Å². The SMILES string of the molecule is CN1C2COCC1CC(O)(c1cccc([Si](C)(C)C)c1)C2. The highest BCUT2D eigenvalue weighted by atomic mass is 28.3. The summed E-state index contributed by atoms with van der Waals surface area (Å²) in [6.07, 6.45) is 1.55. The smallest absolute Gasteiger partial charge is 0.0928 e. The van der Waals surface area contributed by atoms with Crippen LogP contribution in [0.3, 0.4) is 0 Å². The number of rotatable bonds is 2. The van der Waals surface area contributed by atoms with E-state index in [0.29, 0.717) is 12.1 Å². The van der Waals surface area contributed by atoms with Crippen LogP contribution in [0.15, 0.2) is 24.3 Å². The average molecular weight is 305 g/mol. The Morgan fingerprint density at radius 3 is 2.38 bits per heavy atom. The molecule has 2 bridgehead atoms. The Hall–Kier alpha value is -0.683. The number of nitrogens with zero attached hydrogens (tertiary/aromatic N) is 1. The molecule has 4 heteroatoms. The van der Waals surface area contributed by atoms with E-state index in [0.717, 1.165) is 31.6 Å². The highest BCUT2D eigenvalue weighted by Crippen LogP contribution is 2.40. The predicted octanol–water partition coefficient (Wildman–Crippen LogP) is 1.91. The lowest BCUT2D eigenvalue weighted by Crippen LogP contribution is -2.59. The normalized spacial score (nSPS) is 34.0. The van der Waals surface area contributed by atoms with Crippen molar-refractivity contribution in [3.05, 3.63) is 29.8 Å². The highest BCUT2D eigenvalue weighted by molar-refractivity contribution is 6.88. The van der Waals surface area contributed by atoms with Gasteiger partial charge in [-0.25, -0.2) is 0 Å². The Morgan fingerprint density at radius 1 is 1.19 bits per heavy atom. The van der Waals surface area contributed by atoms with Crippen LogP contribution in [0.5, 0.6) is 0 Å². The molecule has 2 aliphatic rings. The second-order valence-corrected chi connectivity index (χ2v) is 12.9. The first-order valence-electron chi connectivity index (χ1n) is 7.93. The summed E-state index contributed by atoms with van der Waals surface area (Å²) in [5.41, 5.74) is 0.411. The summed E-state index contributed by atoms with van der Waals surface area (Å²) in [6, 6.07) is 9.36. The second kappa shape index (κ2) is 5.20. The standard InChI is InChI=1S/C17H27NO2Si/c1-18-14-9-17(19,10-15(18)12-20-11-14)13-6-5-7-16(8-13)21(2,3)4/h5-8,14-15,19H,9-12H2,1-4H3. The Balaban J connectivity index is 1.93. The minimum atomic E-state index is -1.35. The number of morpholine rings is 1. The summed E-state index contributed by atoms with van der Waals surface area (Å²) in [5, 5.41) is 12.7. The van der Waals surface area contributed by atoms with Gasteiger partial charge in [-0.05, 0) is 25.5 Å². The fourth-order valence-corrected chi connectivity index (χ4v) is 4.84. The average Bonchev–Trinajstić information content (AvgIpc) is 2.40. The van der Waals surface area contributed by atoms with E-state index in [1.807, 2.05) is 0 Å². The van der Waals surface area contributed by atoms with Crippen molar-refractivity contribution in [1.29, 1.82) is 0 Å². The number of likely N-dealkylation sites (N-methyl/N-ethyl adjacent to an activating group) is 1. The van der Waals surface area contributed by atoms with Gasteiger partial charge in [-0.2, -0.15) is 0 Å². The monoisotopic (exact) mass is 305 g/mol. The molecule has 21 heavy (non-hydrogen) atoms. The number of ether oxygens (including phenoxy) is 1. The molecule has 1 N–H and O–H groups in total. The van der Waals surface area contributed by atoms with E-state index in [1.165, 1.54) is 5.19 Å². The van der Waals surface area contributed by atoms with E-state index in [9.17, 15) is 5.11 Å². The molecule has 3 nitrogen and oxygen atoms in total. The molecule has 0 amide bonds. The molecule has 0 aliphatic carbocycles. The molecule has 2 atom stereocenters. The molecule has 0 aromatic heterocycles. The van der Waals surface area contributed by atoms with Gasteiger partial charge in [-0.1, -0.05) is 49.1 Å². The van der Waals surface area contributed by atoms with E-state index < -0.39 is 13.7 Å². The topological polar surface area (TPSA) is 32.7 Å². The van der Waals surface area contributed by atoms with Crippen LogP contribution in [-0.2, 0) is 10.3 Å². The lowest BCUT2D eigenvalue weighted by Gasteiger charge is -2.50. The van der Waals surface area contributed by atoms with E-state index in [-0.39, 0.29) is 0 Å². The first-order chi connectivity index (χ1) is 9.79. The number of hydrogen-bond acceptors (Lipinski definition) is 3. The molecule has 2 saturated heterocycles. The van der Waals surface area contributed by atoms with Gasteiger partial charge in [0.15, 0.2) is 0 Å². The Kier molecular flexibility index (Phi) is 3.77. The molecule has 0 radical (unpaired) electrons. The zero-order valence-corrected chi connectivity index (χ0v) is 14.6. The maximum atomic E-state index is 11.3. The molecule has 116 valence electrons. The fraction of sp³-hybridized carbons (Fsp3) is 0.647. The van der Waals surface area contributed by atoms with Gasteiger partial charge in [0.1, 0.15) is 0 Å². The first-order valence-corrected chi connectivity index (χ1v) is 11.4. The number of aliphatic hydroxyl groups is 1. The zero-order chi connectivity index (χ0) is 15.3. The highest BCUT2D eigenvalue weighted by Gasteiger charge is 2.45. The van der Waals surface area contributed by atoms with Crippen molar-refractivity contribution in [3.63, 3.8) is 0 Å². The van der Waals surface area contributed by atoms with E-state index in [1.54, 1.807) is 0 Å². The maximum Gasteiger partial charge on any atom is 0.0928 e. The molecule has 1 aromatic carbocycles. The summed E-state index contributed by atoms with van der Waals surface area (Å²) < 4.78 is 5.67. The largest absolute Gasteiger partial charge is 0.385 e. The predicted molar refractivity (Wildman–Crippen MR) is 88.7 cm³/mol. The maximum absolute atomic E-state index is 11.3. The Morgan fingerprint density at radius 2 is 1.81 bits per heavy atom. The van der Waals surface area contributed by atoms with Crippen LogP contribution >= 0.6 is 0 Å². The summed E-state index contributed by atoms with van der Waals surface area (Å²) in [6.45, 7) is 8.54. The van der Waals surface area contributed by atoms with Crippen molar-refractivity contribution in [2.75, 3.05) is 20.3 Å². The van der Waals surface area contributed by atoms with E-state index >= 15 is 0 Å². The molecule has 3 rings (SSSR count). The molecule has 2 aliphatic heterocycles. The molecule has 2 fully saturated rings. The van der Waals surface area contributed by atoms with Crippen LogP contribution in [0.25, 0.3) is 0 Å². The van der Waals surface area contributed by atoms with Gasteiger partial charge in [0.2, 0.25) is 0 Å². The lowest BCUT2D eigenvalue weighted by atomic mass is 9.77. The van der Waals surface area contributed by atoms with Crippen LogP contribution in [0.4, 0.5) is 0 Å². The quantitative estimate of drug-likeness (QED) is 0.847. The van der Waals surface area contributed by atoms with Crippen molar-refractivity contribution in [2.24, 2.45) is 0 Å². The zero-order valence-electron chi connectivity index (χ0n) is 13.6. The summed E-state index contributed by atoms with van der Waals surface area (Å²) in [5.74, 6) is 0. The summed E-state index contributed by atoms with van der Waals surface area (Å²) >= 11 is 0. The van der Waals surface area contributed by atoms with Gasteiger partial charge < -0.3 is 9.84 Å². The van der Waals surface area contributed by atoms with Gasteiger partial charge >= 0.3 is 0 Å². The fourth-order valence-electron chi connectivity index (χ4n) is 3.65. The number of hydrogen-bond donors (Lipinski definition) is 1. The molecule has 2 unspecified atom stereocenters. The Labute approximate surface area is 128 Å². The number of benzene rings is 1. The van der Waals surface area contributed by atoms with Gasteiger partial charge in [0.25, 0.3) is 0 Å². The molecular weight excluding hydrogens is 278 g/mol. The second-order valence-electron chi connectivity index (χ2n) is 7.78. The van der Waals surface area contributed by atoms with E-state index in [4.69, 9.17) is 4.74 Å². The van der Waals surface area contributed by atoms with Gasteiger partial charge in [0.05, 0.1) is 26.9 Å². The van der Waals surface area contributed by atoms with Gasteiger partial charge in [0, 0.05) is 12.1 Å². The van der Waals surface area contributed by atoms with Crippen LogP contribution in [0.1, 0.15) is 18.4 Å². The molecule has 0 spiro atoms. The number of piperidine rings is 1. The van der Waals surface area contributed by atoms with Crippen LogP contribution in [0, 0.1) is 0 Å². The summed E-state index contributed by atoms with van der Waals surface area (Å²) in [7, 11) is 0.813. The van der Waals surface area contributed by atoms with Crippen molar-refractivity contribution in [3.8, 4) is 0 Å². The van der Waals surface area contributed by atoms with Crippen molar-refractivity contribution >= 4 is 13.3 Å². The molecular formula is C17H27NO2Si. The van der Waals surface area contributed by atoms with Gasteiger partial charge in [-0.15, -0.1) is 0 Å². The minimum Gasteiger partial charge on any atom is -0.385 e. The van der Waals surface area contributed by atoms with Crippen LogP contribution in [0.2, 0.25) is 19.6 Å². The van der Waals surface area contributed by atoms with Gasteiger partial charge in [-0.3, -0.25) is 4.90 Å². The third-order valence-electron chi connectivity index (χ3n) is 5.18. The third-order valence-corrected chi connectivity index (χ3v) is 7.23. The summed E-state index contributed by atoms with van der Waals surface area (Å²) in [4.78, 5) is 2.39. The molecule has 2 heterocycles. The van der Waals surface area contributed by atoms with Crippen molar-refractivity contribution < 1.29 is 9.84 Å². The Bertz CT molecular complexity index is 512.